The Morgan fingerprint density at radius 1 is 0.973 bits per heavy atom. The molecule has 3 aromatic rings. The van der Waals surface area contributed by atoms with Crippen molar-refractivity contribution in [1.82, 2.24) is 10.0 Å². The van der Waals surface area contributed by atoms with E-state index in [4.69, 9.17) is 0 Å². The molecule has 1 spiro atoms. The van der Waals surface area contributed by atoms with Gasteiger partial charge in [0.05, 0.1) is 4.90 Å². The van der Waals surface area contributed by atoms with Gasteiger partial charge in [-0.3, -0.25) is 4.90 Å². The van der Waals surface area contributed by atoms with Crippen LogP contribution in [0, 0.1) is 6.92 Å². The number of benzene rings is 3. The molecule has 0 atom stereocenters. The lowest BCUT2D eigenvalue weighted by Gasteiger charge is -2.25. The quantitative estimate of drug-likeness (QED) is 0.442. The zero-order valence-corrected chi connectivity index (χ0v) is 22.6. The summed E-state index contributed by atoms with van der Waals surface area (Å²) < 4.78 is 26.2. The Kier molecular flexibility index (Phi) is 6.86. The van der Waals surface area contributed by atoms with E-state index in [9.17, 15) is 13.2 Å². The lowest BCUT2D eigenvalue weighted by Crippen LogP contribution is -2.41. The van der Waals surface area contributed by atoms with Crippen molar-refractivity contribution in [1.29, 1.82) is 0 Å². The second-order valence-electron chi connectivity index (χ2n) is 10.3. The Morgan fingerprint density at radius 3 is 2.32 bits per heavy atom. The number of urea groups is 1. The number of rotatable bonds is 6. The van der Waals surface area contributed by atoms with Gasteiger partial charge < -0.3 is 5.32 Å². The van der Waals surface area contributed by atoms with Crippen LogP contribution in [0.15, 0.2) is 65.6 Å². The predicted octanol–water partition coefficient (Wildman–Crippen LogP) is 5.67. The summed E-state index contributed by atoms with van der Waals surface area (Å²) >= 11 is 0. The molecule has 0 unspecified atom stereocenters. The Hall–Kier alpha value is -3.16. The minimum Gasteiger partial charge on any atom is -0.334 e. The monoisotopic (exact) mass is 517 g/mol. The fourth-order valence-corrected chi connectivity index (χ4v) is 6.67. The summed E-state index contributed by atoms with van der Waals surface area (Å²) in [6, 6.07) is 19.8. The lowest BCUT2D eigenvalue weighted by molar-refractivity contribution is 0.245. The van der Waals surface area contributed by atoms with Crippen LogP contribution in [0.5, 0.6) is 0 Å². The van der Waals surface area contributed by atoms with Crippen molar-refractivity contribution in [2.24, 2.45) is 0 Å². The molecule has 7 heteroatoms. The van der Waals surface area contributed by atoms with E-state index in [1.165, 1.54) is 47.7 Å². The second kappa shape index (κ2) is 9.95. The molecule has 2 N–H and O–H groups in total. The first-order chi connectivity index (χ1) is 17.8. The molecule has 0 bridgehead atoms. The van der Waals surface area contributed by atoms with Gasteiger partial charge in [-0.2, -0.15) is 0 Å². The third-order valence-electron chi connectivity index (χ3n) is 8.08. The maximum atomic E-state index is 13.4. The summed E-state index contributed by atoms with van der Waals surface area (Å²) in [5.41, 5.74) is 8.24. The molecule has 3 aromatic carbocycles. The summed E-state index contributed by atoms with van der Waals surface area (Å²) in [5.74, 6) is 0. The highest BCUT2D eigenvalue weighted by atomic mass is 32.2. The molecule has 1 aliphatic heterocycles. The number of aryl methyl sites for hydroxylation is 2. The van der Waals surface area contributed by atoms with E-state index in [-0.39, 0.29) is 16.3 Å². The first kappa shape index (κ1) is 25.5. The van der Waals surface area contributed by atoms with Gasteiger partial charge in [0.15, 0.2) is 0 Å². The third-order valence-corrected chi connectivity index (χ3v) is 9.51. The van der Waals surface area contributed by atoms with Crippen LogP contribution in [0.25, 0.3) is 11.1 Å². The number of hydrogen-bond donors (Lipinski definition) is 2. The number of sulfonamides is 1. The number of fused-ring (bicyclic) bond motifs is 2. The standard InChI is InChI=1S/C30H35N3O3S/c1-4-22-9-13-26(21(2)17-22)24-10-14-28-27(18-24)30(15-5-6-16-30)20-33(28)29(34)32-19-23-7-11-25(12-8-23)37(35,36)31-3/h7-14,17-18,31H,4-6,15-16,19-20H2,1-3H3,(H,32,34). The molecule has 1 saturated carbocycles. The number of nitrogens with zero attached hydrogens (tertiary/aromatic N) is 1. The largest absolute Gasteiger partial charge is 0.334 e. The normalized spacial score (nSPS) is 16.2. The molecule has 1 heterocycles. The maximum absolute atomic E-state index is 13.4. The van der Waals surface area contributed by atoms with Crippen LogP contribution in [0.4, 0.5) is 10.5 Å². The van der Waals surface area contributed by atoms with Crippen molar-refractivity contribution in [3.63, 3.8) is 0 Å². The number of carbonyl (C=O) groups excluding carboxylic acids is 1. The SMILES string of the molecule is CCc1ccc(-c2ccc3c(c2)C2(CCCC2)CN3C(=O)NCc2ccc(S(=O)(=O)NC)cc2)c(C)c1. The van der Waals surface area contributed by atoms with Crippen molar-refractivity contribution >= 4 is 21.7 Å². The van der Waals surface area contributed by atoms with Gasteiger partial charge in [-0.1, -0.05) is 56.2 Å². The molecule has 194 valence electrons. The molecule has 2 aliphatic rings. The lowest BCUT2D eigenvalue weighted by atomic mass is 9.79. The molecule has 0 radical (unpaired) electrons. The Balaban J connectivity index is 1.38. The number of hydrogen-bond acceptors (Lipinski definition) is 3. The third kappa shape index (κ3) is 4.78. The molecule has 2 amide bonds. The minimum atomic E-state index is -3.48. The summed E-state index contributed by atoms with van der Waals surface area (Å²) in [5, 5.41) is 3.05. The van der Waals surface area contributed by atoms with E-state index < -0.39 is 10.0 Å². The highest BCUT2D eigenvalue weighted by Crippen LogP contribution is 2.51. The van der Waals surface area contributed by atoms with E-state index in [1.54, 1.807) is 24.3 Å². The Morgan fingerprint density at radius 2 is 1.68 bits per heavy atom. The van der Waals surface area contributed by atoms with Crippen LogP contribution in [-0.2, 0) is 28.4 Å². The van der Waals surface area contributed by atoms with Gasteiger partial charge in [0.25, 0.3) is 0 Å². The van der Waals surface area contributed by atoms with Gasteiger partial charge >= 0.3 is 6.03 Å². The number of anilines is 1. The van der Waals surface area contributed by atoms with Gasteiger partial charge in [-0.15, -0.1) is 0 Å². The van der Waals surface area contributed by atoms with Crippen molar-refractivity contribution in [3.8, 4) is 11.1 Å². The summed E-state index contributed by atoms with van der Waals surface area (Å²) in [6.45, 7) is 5.38. The first-order valence-electron chi connectivity index (χ1n) is 13.1. The van der Waals surface area contributed by atoms with Crippen LogP contribution in [0.3, 0.4) is 0 Å². The number of nitrogens with one attached hydrogen (secondary N) is 2. The summed E-state index contributed by atoms with van der Waals surface area (Å²) in [7, 11) is -2.09. The molecular weight excluding hydrogens is 482 g/mol. The molecule has 37 heavy (non-hydrogen) atoms. The van der Waals surface area contributed by atoms with Gasteiger partial charge in [0, 0.05) is 24.2 Å². The van der Waals surface area contributed by atoms with Gasteiger partial charge in [-0.25, -0.2) is 17.9 Å². The summed E-state index contributed by atoms with van der Waals surface area (Å²) in [6.07, 6.45) is 5.60. The zero-order chi connectivity index (χ0) is 26.2. The van der Waals surface area contributed by atoms with E-state index >= 15 is 0 Å². The second-order valence-corrected chi connectivity index (χ2v) is 12.2. The molecule has 5 rings (SSSR count). The molecule has 0 aromatic heterocycles. The average Bonchev–Trinajstić information content (AvgIpc) is 3.52. The fraction of sp³-hybridized carbons (Fsp3) is 0.367. The fourth-order valence-electron chi connectivity index (χ4n) is 5.94. The molecule has 6 nitrogen and oxygen atoms in total. The number of amides is 2. The highest BCUT2D eigenvalue weighted by Gasteiger charge is 2.46. The molecule has 1 fully saturated rings. The maximum Gasteiger partial charge on any atom is 0.322 e. The van der Waals surface area contributed by atoms with Gasteiger partial charge in [0.1, 0.15) is 0 Å². The molecular formula is C30H35N3O3S. The summed E-state index contributed by atoms with van der Waals surface area (Å²) in [4.78, 5) is 15.5. The van der Waals surface area contributed by atoms with Gasteiger partial charge in [-0.05, 0) is 90.9 Å². The molecule has 0 saturated heterocycles. The van der Waals surface area contributed by atoms with Crippen LogP contribution < -0.4 is 14.9 Å². The Labute approximate surface area is 220 Å². The van der Waals surface area contributed by atoms with Crippen LogP contribution in [0.1, 0.15) is 54.9 Å². The van der Waals surface area contributed by atoms with Crippen molar-refractivity contribution in [2.75, 3.05) is 18.5 Å². The smallest absolute Gasteiger partial charge is 0.322 e. The minimum absolute atomic E-state index is 0.0170. The highest BCUT2D eigenvalue weighted by molar-refractivity contribution is 7.89. The molecule has 1 aliphatic carbocycles. The van der Waals surface area contributed by atoms with E-state index in [2.05, 4.69) is 60.3 Å². The van der Waals surface area contributed by atoms with E-state index in [1.807, 2.05) is 4.90 Å². The van der Waals surface area contributed by atoms with Gasteiger partial charge in [0.2, 0.25) is 10.0 Å². The Bertz CT molecular complexity index is 1420. The topological polar surface area (TPSA) is 78.5 Å². The van der Waals surface area contributed by atoms with Crippen LogP contribution in [-0.4, -0.2) is 28.0 Å². The predicted molar refractivity (Wildman–Crippen MR) is 148 cm³/mol. The van der Waals surface area contributed by atoms with Crippen LogP contribution in [0.2, 0.25) is 0 Å². The zero-order valence-electron chi connectivity index (χ0n) is 21.8. The first-order valence-corrected chi connectivity index (χ1v) is 14.6. The van der Waals surface area contributed by atoms with Crippen molar-refractivity contribution in [3.05, 3.63) is 82.9 Å². The average molecular weight is 518 g/mol. The van der Waals surface area contributed by atoms with Crippen molar-refractivity contribution < 1.29 is 13.2 Å². The van der Waals surface area contributed by atoms with Crippen molar-refractivity contribution in [2.45, 2.75) is 62.8 Å². The van der Waals surface area contributed by atoms with E-state index in [0.717, 1.165) is 30.5 Å². The van der Waals surface area contributed by atoms with Crippen LogP contribution >= 0.6 is 0 Å². The van der Waals surface area contributed by atoms with E-state index in [0.29, 0.717) is 13.1 Å². The number of carbonyl (C=O) groups is 1.